The third-order valence-corrected chi connectivity index (χ3v) is 3.46. The number of ketones is 1. The van der Waals surface area contributed by atoms with Gasteiger partial charge in [-0.2, -0.15) is 0 Å². The van der Waals surface area contributed by atoms with Gasteiger partial charge in [-0.3, -0.25) is 4.79 Å². The average molecular weight is 298 g/mol. The number of nitrogen functional groups attached to an aromatic ring is 1. The minimum Gasteiger partial charge on any atom is -0.397 e. The molecule has 0 aliphatic rings. The number of rotatable bonds is 6. The van der Waals surface area contributed by atoms with Gasteiger partial charge in [-0.05, 0) is 49.2 Å². The fraction of sp³-hybridized carbons (Fsp3) is 0.278. The summed E-state index contributed by atoms with van der Waals surface area (Å²) in [5.41, 5.74) is 9.96. The molecule has 22 heavy (non-hydrogen) atoms. The molecular formula is C18H22N2O2. The lowest BCUT2D eigenvalue weighted by Gasteiger charge is -2.11. The largest absolute Gasteiger partial charge is 0.397 e. The quantitative estimate of drug-likeness (QED) is 0.563. The van der Waals surface area contributed by atoms with E-state index in [1.54, 1.807) is 19.1 Å². The van der Waals surface area contributed by atoms with Crippen LogP contribution >= 0.6 is 0 Å². The van der Waals surface area contributed by atoms with E-state index in [0.29, 0.717) is 24.1 Å². The molecule has 4 heteroatoms. The number of hydrogen-bond acceptors (Lipinski definition) is 4. The van der Waals surface area contributed by atoms with Gasteiger partial charge in [-0.1, -0.05) is 19.1 Å². The first-order valence-corrected chi connectivity index (χ1v) is 7.46. The molecule has 0 amide bonds. The summed E-state index contributed by atoms with van der Waals surface area (Å²) in [7, 11) is 0. The molecule has 116 valence electrons. The van der Waals surface area contributed by atoms with Crippen LogP contribution in [0.25, 0.3) is 0 Å². The molecule has 2 aromatic carbocycles. The molecule has 0 aromatic heterocycles. The van der Waals surface area contributed by atoms with E-state index in [-0.39, 0.29) is 11.9 Å². The van der Waals surface area contributed by atoms with Gasteiger partial charge < -0.3 is 16.2 Å². The second-order valence-electron chi connectivity index (χ2n) is 5.45. The molecule has 0 aliphatic heterocycles. The van der Waals surface area contributed by atoms with Gasteiger partial charge in [0.05, 0.1) is 17.5 Å². The van der Waals surface area contributed by atoms with Crippen LogP contribution in [0.3, 0.4) is 0 Å². The molecular weight excluding hydrogens is 276 g/mol. The van der Waals surface area contributed by atoms with E-state index in [4.69, 9.17) is 5.73 Å². The lowest BCUT2D eigenvalue weighted by Crippen LogP contribution is -2.04. The standard InChI is InChI=1S/C18H22N2O2/c1-3-18(22)14-6-9-17(16(19)11-14)20-15-7-4-13(5-8-15)10-12(2)21/h4-9,11-12,20-21H,3,10,19H2,1-2H3. The first-order chi connectivity index (χ1) is 10.5. The number of anilines is 3. The number of carbonyl (C=O) groups excluding carboxylic acids is 1. The predicted molar refractivity (Wildman–Crippen MR) is 90.6 cm³/mol. The Hall–Kier alpha value is -2.33. The predicted octanol–water partition coefficient (Wildman–Crippen LogP) is 3.53. The number of aliphatic hydroxyl groups excluding tert-OH is 1. The highest BCUT2D eigenvalue weighted by Crippen LogP contribution is 2.25. The molecule has 4 nitrogen and oxygen atoms in total. The molecule has 0 spiro atoms. The van der Waals surface area contributed by atoms with Crippen LogP contribution in [0.2, 0.25) is 0 Å². The Morgan fingerprint density at radius 2 is 1.91 bits per heavy atom. The molecule has 0 saturated heterocycles. The summed E-state index contributed by atoms with van der Waals surface area (Å²) < 4.78 is 0. The van der Waals surface area contributed by atoms with E-state index in [1.807, 2.05) is 37.3 Å². The average Bonchev–Trinajstić information content (AvgIpc) is 2.50. The monoisotopic (exact) mass is 298 g/mol. The molecule has 1 atom stereocenters. The van der Waals surface area contributed by atoms with Crippen molar-refractivity contribution >= 4 is 22.8 Å². The Balaban J connectivity index is 2.12. The third-order valence-electron chi connectivity index (χ3n) is 3.46. The van der Waals surface area contributed by atoms with Crippen LogP contribution in [-0.2, 0) is 6.42 Å². The maximum absolute atomic E-state index is 11.7. The Bertz CT molecular complexity index is 649. The van der Waals surface area contributed by atoms with Crippen LogP contribution in [0.5, 0.6) is 0 Å². The maximum Gasteiger partial charge on any atom is 0.162 e. The molecule has 2 rings (SSSR count). The maximum atomic E-state index is 11.7. The summed E-state index contributed by atoms with van der Waals surface area (Å²) in [4.78, 5) is 11.7. The first kappa shape index (κ1) is 16.0. The zero-order chi connectivity index (χ0) is 16.1. The van der Waals surface area contributed by atoms with Gasteiger partial charge in [-0.25, -0.2) is 0 Å². The zero-order valence-electron chi connectivity index (χ0n) is 13.0. The molecule has 0 bridgehead atoms. The summed E-state index contributed by atoms with van der Waals surface area (Å²) in [6.45, 7) is 3.60. The Kier molecular flexibility index (Phi) is 5.17. The van der Waals surface area contributed by atoms with Crippen molar-refractivity contribution in [1.82, 2.24) is 0 Å². The van der Waals surface area contributed by atoms with E-state index in [1.165, 1.54) is 0 Å². The van der Waals surface area contributed by atoms with Crippen LogP contribution in [0.1, 0.15) is 36.2 Å². The number of benzene rings is 2. The summed E-state index contributed by atoms with van der Waals surface area (Å²) in [5.74, 6) is 0.0840. The van der Waals surface area contributed by atoms with Gasteiger partial charge in [0, 0.05) is 17.7 Å². The molecule has 0 aliphatic carbocycles. The highest BCUT2D eigenvalue weighted by atomic mass is 16.3. The molecule has 0 radical (unpaired) electrons. The summed E-state index contributed by atoms with van der Waals surface area (Å²) in [5, 5.41) is 12.6. The number of carbonyl (C=O) groups is 1. The second kappa shape index (κ2) is 7.09. The van der Waals surface area contributed by atoms with Crippen molar-refractivity contribution in [3.63, 3.8) is 0 Å². The van der Waals surface area contributed by atoms with Crippen LogP contribution in [0, 0.1) is 0 Å². The highest BCUT2D eigenvalue weighted by molar-refractivity contribution is 5.97. The summed E-state index contributed by atoms with van der Waals surface area (Å²) in [6, 6.07) is 13.1. The van der Waals surface area contributed by atoms with Crippen LogP contribution in [0.4, 0.5) is 17.1 Å². The molecule has 4 N–H and O–H groups in total. The first-order valence-electron chi connectivity index (χ1n) is 7.46. The Morgan fingerprint density at radius 1 is 1.23 bits per heavy atom. The smallest absolute Gasteiger partial charge is 0.162 e. The van der Waals surface area contributed by atoms with Gasteiger partial charge in [0.15, 0.2) is 5.78 Å². The Labute approximate surface area is 131 Å². The zero-order valence-corrected chi connectivity index (χ0v) is 13.0. The number of nitrogens with two attached hydrogens (primary N) is 1. The van der Waals surface area contributed by atoms with E-state index in [9.17, 15) is 9.90 Å². The van der Waals surface area contributed by atoms with Gasteiger partial charge in [0.1, 0.15) is 0 Å². The minimum absolute atomic E-state index is 0.0840. The van der Waals surface area contributed by atoms with Crippen molar-refractivity contribution in [2.75, 3.05) is 11.1 Å². The van der Waals surface area contributed by atoms with Gasteiger partial charge in [0.2, 0.25) is 0 Å². The van der Waals surface area contributed by atoms with Crippen molar-refractivity contribution in [3.8, 4) is 0 Å². The van der Waals surface area contributed by atoms with E-state index < -0.39 is 0 Å². The van der Waals surface area contributed by atoms with E-state index >= 15 is 0 Å². The fourth-order valence-corrected chi connectivity index (χ4v) is 2.27. The molecule has 0 saturated carbocycles. The lowest BCUT2D eigenvalue weighted by atomic mass is 10.1. The van der Waals surface area contributed by atoms with Gasteiger partial charge in [-0.15, -0.1) is 0 Å². The fourth-order valence-electron chi connectivity index (χ4n) is 2.27. The van der Waals surface area contributed by atoms with Crippen molar-refractivity contribution in [2.45, 2.75) is 32.8 Å². The molecule has 0 heterocycles. The lowest BCUT2D eigenvalue weighted by molar-refractivity contribution is 0.0988. The van der Waals surface area contributed by atoms with Crippen molar-refractivity contribution in [2.24, 2.45) is 0 Å². The summed E-state index contributed by atoms with van der Waals surface area (Å²) in [6.07, 6.45) is 0.755. The van der Waals surface area contributed by atoms with E-state index in [2.05, 4.69) is 5.32 Å². The van der Waals surface area contributed by atoms with Gasteiger partial charge >= 0.3 is 0 Å². The van der Waals surface area contributed by atoms with Crippen LogP contribution in [-0.4, -0.2) is 17.0 Å². The highest BCUT2D eigenvalue weighted by Gasteiger charge is 2.07. The van der Waals surface area contributed by atoms with Crippen LogP contribution < -0.4 is 11.1 Å². The SMILES string of the molecule is CCC(=O)c1ccc(Nc2ccc(CC(C)O)cc2)c(N)c1. The van der Waals surface area contributed by atoms with Crippen molar-refractivity contribution < 1.29 is 9.90 Å². The molecule has 2 aromatic rings. The van der Waals surface area contributed by atoms with Gasteiger partial charge in [0.25, 0.3) is 0 Å². The normalized spacial score (nSPS) is 12.0. The van der Waals surface area contributed by atoms with Crippen LogP contribution in [0.15, 0.2) is 42.5 Å². The minimum atomic E-state index is -0.349. The molecule has 1 unspecified atom stereocenters. The Morgan fingerprint density at radius 3 is 2.45 bits per heavy atom. The number of aliphatic hydroxyl groups is 1. The van der Waals surface area contributed by atoms with Crippen molar-refractivity contribution in [3.05, 3.63) is 53.6 Å². The molecule has 0 fully saturated rings. The van der Waals surface area contributed by atoms with Crippen molar-refractivity contribution in [1.29, 1.82) is 0 Å². The van der Waals surface area contributed by atoms with E-state index in [0.717, 1.165) is 16.9 Å². The third kappa shape index (κ3) is 4.09. The number of Topliss-reactive ketones (excluding diaryl/α,β-unsaturated/α-hetero) is 1. The topological polar surface area (TPSA) is 75.3 Å². The number of hydrogen-bond donors (Lipinski definition) is 3. The number of nitrogens with one attached hydrogen (secondary N) is 1. The summed E-state index contributed by atoms with van der Waals surface area (Å²) >= 11 is 0. The second-order valence-corrected chi connectivity index (χ2v) is 5.45.